The zero-order valence-corrected chi connectivity index (χ0v) is 15.2. The van der Waals surface area contributed by atoms with Gasteiger partial charge in [-0.2, -0.15) is 4.98 Å². The van der Waals surface area contributed by atoms with Crippen LogP contribution in [0, 0.1) is 6.92 Å². The van der Waals surface area contributed by atoms with Crippen molar-refractivity contribution in [1.82, 2.24) is 24.5 Å². The minimum atomic E-state index is -0.541. The molecule has 8 nitrogen and oxygen atoms in total. The van der Waals surface area contributed by atoms with Crippen LogP contribution in [0.1, 0.15) is 11.3 Å². The van der Waals surface area contributed by atoms with E-state index in [2.05, 4.69) is 25.3 Å². The SMILES string of the molecule is Cc1cccc(-n2c(=O)[nH]c3nc(NCCc4ccccn4)ncc3c2=O)c1. The van der Waals surface area contributed by atoms with Gasteiger partial charge in [0.05, 0.1) is 5.69 Å². The molecule has 0 saturated heterocycles. The van der Waals surface area contributed by atoms with Crippen molar-refractivity contribution in [3.8, 4) is 5.69 Å². The smallest absolute Gasteiger partial charge is 0.334 e. The number of benzene rings is 1. The third-order valence-electron chi connectivity index (χ3n) is 4.30. The summed E-state index contributed by atoms with van der Waals surface area (Å²) in [5.74, 6) is 0.340. The van der Waals surface area contributed by atoms with Gasteiger partial charge in [-0.3, -0.25) is 14.8 Å². The van der Waals surface area contributed by atoms with E-state index >= 15 is 0 Å². The van der Waals surface area contributed by atoms with Crippen molar-refractivity contribution in [2.75, 3.05) is 11.9 Å². The fraction of sp³-hybridized carbons (Fsp3) is 0.150. The Hall–Kier alpha value is -3.81. The van der Waals surface area contributed by atoms with Crippen LogP contribution < -0.4 is 16.6 Å². The summed E-state index contributed by atoms with van der Waals surface area (Å²) in [4.78, 5) is 40.7. The zero-order valence-electron chi connectivity index (χ0n) is 15.2. The second kappa shape index (κ2) is 7.43. The number of hydrogen-bond donors (Lipinski definition) is 2. The number of hydrogen-bond acceptors (Lipinski definition) is 6. The molecule has 8 heteroatoms. The number of aromatic nitrogens is 5. The highest BCUT2D eigenvalue weighted by Crippen LogP contribution is 2.09. The van der Waals surface area contributed by atoms with E-state index in [9.17, 15) is 9.59 Å². The highest BCUT2D eigenvalue weighted by Gasteiger charge is 2.12. The number of rotatable bonds is 5. The number of nitrogens with one attached hydrogen (secondary N) is 2. The van der Waals surface area contributed by atoms with Crippen molar-refractivity contribution in [2.24, 2.45) is 0 Å². The lowest BCUT2D eigenvalue weighted by Gasteiger charge is -2.08. The van der Waals surface area contributed by atoms with Crippen LogP contribution in [0.5, 0.6) is 0 Å². The topological polar surface area (TPSA) is 106 Å². The van der Waals surface area contributed by atoms with Gasteiger partial charge in [0.25, 0.3) is 5.56 Å². The van der Waals surface area contributed by atoms with E-state index in [4.69, 9.17) is 0 Å². The van der Waals surface area contributed by atoms with Gasteiger partial charge in [-0.05, 0) is 36.8 Å². The van der Waals surface area contributed by atoms with Crippen molar-refractivity contribution in [2.45, 2.75) is 13.3 Å². The van der Waals surface area contributed by atoms with Crippen molar-refractivity contribution < 1.29 is 0 Å². The van der Waals surface area contributed by atoms with Gasteiger partial charge in [0, 0.05) is 31.1 Å². The van der Waals surface area contributed by atoms with Crippen LogP contribution in [-0.2, 0) is 6.42 Å². The first kappa shape index (κ1) is 17.6. The molecule has 0 saturated carbocycles. The average molecular weight is 374 g/mol. The minimum absolute atomic E-state index is 0.203. The normalized spacial score (nSPS) is 10.9. The number of anilines is 1. The van der Waals surface area contributed by atoms with Crippen LogP contribution in [0.3, 0.4) is 0 Å². The van der Waals surface area contributed by atoms with E-state index in [0.717, 1.165) is 15.8 Å². The summed E-state index contributed by atoms with van der Waals surface area (Å²) in [5, 5.41) is 3.33. The van der Waals surface area contributed by atoms with E-state index in [-0.39, 0.29) is 11.0 Å². The van der Waals surface area contributed by atoms with Crippen molar-refractivity contribution in [1.29, 1.82) is 0 Å². The molecule has 0 amide bonds. The molecule has 28 heavy (non-hydrogen) atoms. The van der Waals surface area contributed by atoms with Crippen LogP contribution in [-0.4, -0.2) is 31.0 Å². The maximum absolute atomic E-state index is 12.8. The summed E-state index contributed by atoms with van der Waals surface area (Å²) >= 11 is 0. The maximum Gasteiger partial charge on any atom is 0.334 e. The zero-order chi connectivity index (χ0) is 19.5. The number of aryl methyl sites for hydroxylation is 1. The van der Waals surface area contributed by atoms with Gasteiger partial charge in [-0.1, -0.05) is 18.2 Å². The molecule has 140 valence electrons. The molecule has 4 aromatic rings. The van der Waals surface area contributed by atoms with Gasteiger partial charge in [0.15, 0.2) is 5.65 Å². The summed E-state index contributed by atoms with van der Waals surface area (Å²) in [6.45, 7) is 2.48. The van der Waals surface area contributed by atoms with Gasteiger partial charge in [-0.25, -0.2) is 14.3 Å². The number of nitrogens with zero attached hydrogens (tertiary/aromatic N) is 4. The molecule has 0 unspecified atom stereocenters. The lowest BCUT2D eigenvalue weighted by molar-refractivity contribution is 0.888. The number of fused-ring (bicyclic) bond motifs is 1. The summed E-state index contributed by atoms with van der Waals surface area (Å²) in [7, 11) is 0. The van der Waals surface area contributed by atoms with E-state index < -0.39 is 11.2 Å². The molecule has 0 spiro atoms. The van der Waals surface area contributed by atoms with E-state index in [0.29, 0.717) is 24.6 Å². The standard InChI is InChI=1S/C20H18N6O2/c1-13-5-4-7-15(11-13)26-18(27)16-12-23-19(24-17(16)25-20(26)28)22-10-8-14-6-2-3-9-21-14/h2-7,9,11-12H,8,10H2,1H3,(H2,22,23,24,25,28). The van der Waals surface area contributed by atoms with Crippen LogP contribution in [0.25, 0.3) is 16.7 Å². The highest BCUT2D eigenvalue weighted by atomic mass is 16.2. The lowest BCUT2D eigenvalue weighted by Crippen LogP contribution is -2.34. The van der Waals surface area contributed by atoms with E-state index in [1.54, 1.807) is 24.4 Å². The Morgan fingerprint density at radius 3 is 2.79 bits per heavy atom. The first-order chi connectivity index (χ1) is 13.6. The summed E-state index contributed by atoms with van der Waals surface area (Å²) < 4.78 is 1.09. The van der Waals surface area contributed by atoms with Crippen LogP contribution in [0.2, 0.25) is 0 Å². The fourth-order valence-corrected chi connectivity index (χ4v) is 2.94. The molecule has 1 aromatic carbocycles. The Kier molecular flexibility index (Phi) is 4.67. The largest absolute Gasteiger partial charge is 0.354 e. The van der Waals surface area contributed by atoms with Gasteiger partial charge in [0.2, 0.25) is 5.95 Å². The van der Waals surface area contributed by atoms with Gasteiger partial charge < -0.3 is 5.32 Å². The molecular formula is C20H18N6O2. The second-order valence-corrected chi connectivity index (χ2v) is 6.36. The quantitative estimate of drug-likeness (QED) is 0.552. The molecule has 2 N–H and O–H groups in total. The molecule has 3 aromatic heterocycles. The molecule has 0 fully saturated rings. The van der Waals surface area contributed by atoms with Crippen LogP contribution >= 0.6 is 0 Å². The molecular weight excluding hydrogens is 356 g/mol. The molecule has 0 aliphatic heterocycles. The van der Waals surface area contributed by atoms with Crippen molar-refractivity contribution in [3.63, 3.8) is 0 Å². The first-order valence-electron chi connectivity index (χ1n) is 8.85. The lowest BCUT2D eigenvalue weighted by atomic mass is 10.2. The van der Waals surface area contributed by atoms with Gasteiger partial charge in [0.1, 0.15) is 5.39 Å². The predicted octanol–water partition coefficient (Wildman–Crippen LogP) is 1.83. The molecule has 0 radical (unpaired) electrons. The maximum atomic E-state index is 12.8. The molecule has 0 bridgehead atoms. The average Bonchev–Trinajstić information content (AvgIpc) is 2.69. The minimum Gasteiger partial charge on any atom is -0.354 e. The first-order valence-corrected chi connectivity index (χ1v) is 8.85. The summed E-state index contributed by atoms with van der Waals surface area (Å²) in [5.41, 5.74) is 1.61. The van der Waals surface area contributed by atoms with Gasteiger partial charge >= 0.3 is 5.69 Å². The number of aromatic amines is 1. The molecule has 0 aliphatic rings. The van der Waals surface area contributed by atoms with Crippen LogP contribution in [0.15, 0.2) is 64.4 Å². The van der Waals surface area contributed by atoms with Crippen LogP contribution in [0.4, 0.5) is 5.95 Å². The predicted molar refractivity (Wildman–Crippen MR) is 107 cm³/mol. The number of pyridine rings is 1. The fourth-order valence-electron chi connectivity index (χ4n) is 2.94. The highest BCUT2D eigenvalue weighted by molar-refractivity contribution is 5.73. The Balaban J connectivity index is 1.63. The number of H-pyrrole nitrogens is 1. The monoisotopic (exact) mass is 374 g/mol. The molecule has 4 rings (SSSR count). The second-order valence-electron chi connectivity index (χ2n) is 6.36. The van der Waals surface area contributed by atoms with E-state index in [1.165, 1.54) is 6.20 Å². The van der Waals surface area contributed by atoms with E-state index in [1.807, 2.05) is 31.2 Å². The Morgan fingerprint density at radius 1 is 1.11 bits per heavy atom. The summed E-state index contributed by atoms with van der Waals surface area (Å²) in [6.07, 6.45) is 3.87. The van der Waals surface area contributed by atoms with Gasteiger partial charge in [-0.15, -0.1) is 0 Å². The Labute approximate surface area is 160 Å². The molecule has 0 aliphatic carbocycles. The summed E-state index contributed by atoms with van der Waals surface area (Å²) in [6, 6.07) is 12.9. The Bertz CT molecular complexity index is 1250. The van der Waals surface area contributed by atoms with Crippen molar-refractivity contribution in [3.05, 3.63) is 87.0 Å². The Morgan fingerprint density at radius 2 is 2.00 bits per heavy atom. The third kappa shape index (κ3) is 3.52. The molecule has 3 heterocycles. The third-order valence-corrected chi connectivity index (χ3v) is 4.30. The molecule has 0 atom stereocenters. The van der Waals surface area contributed by atoms with Crippen molar-refractivity contribution >= 4 is 17.0 Å².